The Hall–Kier alpha value is -1.28. The molecule has 2 nitrogen and oxygen atoms in total. The van der Waals surface area contributed by atoms with Gasteiger partial charge < -0.3 is 4.90 Å². The molecular formula is C12H10ClNO. The van der Waals surface area contributed by atoms with E-state index in [4.69, 9.17) is 11.6 Å². The molecule has 0 saturated heterocycles. The van der Waals surface area contributed by atoms with Gasteiger partial charge >= 0.3 is 0 Å². The van der Waals surface area contributed by atoms with Gasteiger partial charge in [-0.3, -0.25) is 4.79 Å². The third-order valence-corrected chi connectivity index (χ3v) is 3.37. The predicted molar refractivity (Wildman–Crippen MR) is 59.7 cm³/mol. The molecule has 1 amide bonds. The van der Waals surface area contributed by atoms with Gasteiger partial charge in [0.25, 0.3) is 5.91 Å². The summed E-state index contributed by atoms with van der Waals surface area (Å²) < 4.78 is 0. The maximum Gasteiger partial charge on any atom is 0.258 e. The molecule has 3 rings (SSSR count). The Morgan fingerprint density at radius 3 is 2.80 bits per heavy atom. The highest BCUT2D eigenvalue weighted by molar-refractivity contribution is 6.18. The number of rotatable bonds is 1. The SMILES string of the molecule is O=C1c2ccccc2C2=CC(CCl)CN12. The van der Waals surface area contributed by atoms with Crippen molar-refractivity contribution < 1.29 is 4.79 Å². The quantitative estimate of drug-likeness (QED) is 0.664. The molecule has 2 aliphatic heterocycles. The van der Waals surface area contributed by atoms with E-state index in [0.29, 0.717) is 11.8 Å². The Balaban J connectivity index is 2.14. The zero-order valence-corrected chi connectivity index (χ0v) is 8.87. The van der Waals surface area contributed by atoms with Crippen molar-refractivity contribution in [2.75, 3.05) is 12.4 Å². The summed E-state index contributed by atoms with van der Waals surface area (Å²) in [5.74, 6) is 0.999. The van der Waals surface area contributed by atoms with E-state index in [1.807, 2.05) is 29.2 Å². The van der Waals surface area contributed by atoms with Crippen molar-refractivity contribution in [1.82, 2.24) is 4.90 Å². The average Bonchev–Trinajstić information content (AvgIpc) is 2.80. The standard InChI is InChI=1S/C12H10ClNO/c13-6-8-5-11-9-3-1-2-4-10(9)12(15)14(11)7-8/h1-5,8H,6-7H2. The topological polar surface area (TPSA) is 20.3 Å². The Morgan fingerprint density at radius 2 is 2.07 bits per heavy atom. The summed E-state index contributed by atoms with van der Waals surface area (Å²) in [6.07, 6.45) is 2.11. The van der Waals surface area contributed by atoms with Gasteiger partial charge in [-0.25, -0.2) is 0 Å². The van der Waals surface area contributed by atoms with E-state index in [1.165, 1.54) is 0 Å². The molecule has 2 aliphatic rings. The highest BCUT2D eigenvalue weighted by Crippen LogP contribution is 2.38. The maximum absolute atomic E-state index is 12.0. The third kappa shape index (κ3) is 1.15. The third-order valence-electron chi connectivity index (χ3n) is 2.98. The van der Waals surface area contributed by atoms with Gasteiger partial charge in [-0.05, 0) is 6.07 Å². The zero-order chi connectivity index (χ0) is 10.4. The van der Waals surface area contributed by atoms with E-state index in [2.05, 4.69) is 6.08 Å². The van der Waals surface area contributed by atoms with Crippen LogP contribution in [-0.4, -0.2) is 23.2 Å². The molecule has 0 bridgehead atoms. The summed E-state index contributed by atoms with van der Waals surface area (Å²) in [6, 6.07) is 7.74. The van der Waals surface area contributed by atoms with Crippen LogP contribution >= 0.6 is 11.6 Å². The van der Waals surface area contributed by atoms with Crippen LogP contribution < -0.4 is 0 Å². The molecule has 0 spiro atoms. The second-order valence-electron chi connectivity index (χ2n) is 3.93. The molecule has 1 aromatic carbocycles. The minimum atomic E-state index is 0.115. The van der Waals surface area contributed by atoms with E-state index in [0.717, 1.165) is 23.4 Å². The maximum atomic E-state index is 12.0. The summed E-state index contributed by atoms with van der Waals surface area (Å²) in [6.45, 7) is 0.729. The summed E-state index contributed by atoms with van der Waals surface area (Å²) in [4.78, 5) is 13.8. The Kier molecular flexibility index (Phi) is 1.86. The van der Waals surface area contributed by atoms with Crippen LogP contribution in [0.1, 0.15) is 15.9 Å². The first-order valence-corrected chi connectivity index (χ1v) is 5.54. The van der Waals surface area contributed by atoms with Crippen molar-refractivity contribution in [1.29, 1.82) is 0 Å². The average molecular weight is 220 g/mol. The van der Waals surface area contributed by atoms with Crippen molar-refractivity contribution in [2.45, 2.75) is 0 Å². The van der Waals surface area contributed by atoms with Gasteiger partial charge in [-0.1, -0.05) is 24.3 Å². The van der Waals surface area contributed by atoms with Crippen molar-refractivity contribution in [2.24, 2.45) is 5.92 Å². The molecule has 1 unspecified atom stereocenters. The van der Waals surface area contributed by atoms with E-state index >= 15 is 0 Å². The van der Waals surface area contributed by atoms with Crippen LogP contribution in [0.2, 0.25) is 0 Å². The van der Waals surface area contributed by atoms with Crippen LogP contribution in [0.15, 0.2) is 30.3 Å². The molecule has 15 heavy (non-hydrogen) atoms. The van der Waals surface area contributed by atoms with Crippen LogP contribution in [0.25, 0.3) is 5.70 Å². The molecule has 0 fully saturated rings. The van der Waals surface area contributed by atoms with Gasteiger partial charge in [0.05, 0.1) is 0 Å². The summed E-state index contributed by atoms with van der Waals surface area (Å²) in [5.41, 5.74) is 2.91. The number of alkyl halides is 1. The van der Waals surface area contributed by atoms with Crippen molar-refractivity contribution in [3.05, 3.63) is 41.5 Å². The Bertz CT molecular complexity index is 466. The number of nitrogens with zero attached hydrogens (tertiary/aromatic N) is 1. The largest absolute Gasteiger partial charge is 0.307 e. The second kappa shape index (κ2) is 3.11. The Labute approximate surface area is 93.1 Å². The molecule has 0 aromatic heterocycles. The first kappa shape index (κ1) is 8.98. The van der Waals surface area contributed by atoms with Gasteiger partial charge in [-0.2, -0.15) is 0 Å². The number of hydrogen-bond acceptors (Lipinski definition) is 1. The van der Waals surface area contributed by atoms with Crippen LogP contribution in [-0.2, 0) is 0 Å². The second-order valence-corrected chi connectivity index (χ2v) is 4.24. The van der Waals surface area contributed by atoms with Crippen molar-refractivity contribution in [3.8, 4) is 0 Å². The summed E-state index contributed by atoms with van der Waals surface area (Å²) in [5, 5.41) is 0. The molecule has 3 heteroatoms. The van der Waals surface area contributed by atoms with Gasteiger partial charge in [0.1, 0.15) is 0 Å². The van der Waals surface area contributed by atoms with Gasteiger partial charge in [0.2, 0.25) is 0 Å². The summed E-state index contributed by atoms with van der Waals surface area (Å²) in [7, 11) is 0. The van der Waals surface area contributed by atoms with Crippen LogP contribution in [0, 0.1) is 5.92 Å². The number of carbonyl (C=O) groups is 1. The molecule has 0 radical (unpaired) electrons. The molecule has 0 saturated carbocycles. The van der Waals surface area contributed by atoms with Crippen molar-refractivity contribution >= 4 is 23.2 Å². The molecular weight excluding hydrogens is 210 g/mol. The first-order valence-electron chi connectivity index (χ1n) is 5.00. The van der Waals surface area contributed by atoms with Gasteiger partial charge in [0, 0.05) is 35.2 Å². The lowest BCUT2D eigenvalue weighted by Crippen LogP contribution is -2.23. The molecule has 2 heterocycles. The minimum Gasteiger partial charge on any atom is -0.307 e. The number of hydrogen-bond donors (Lipinski definition) is 0. The fraction of sp³-hybridized carbons (Fsp3) is 0.250. The lowest BCUT2D eigenvalue weighted by Gasteiger charge is -2.12. The van der Waals surface area contributed by atoms with Crippen molar-refractivity contribution in [3.63, 3.8) is 0 Å². The smallest absolute Gasteiger partial charge is 0.258 e. The number of amides is 1. The van der Waals surface area contributed by atoms with E-state index < -0.39 is 0 Å². The fourth-order valence-electron chi connectivity index (χ4n) is 2.26. The Morgan fingerprint density at radius 1 is 1.33 bits per heavy atom. The molecule has 1 aromatic rings. The van der Waals surface area contributed by atoms with E-state index in [1.54, 1.807) is 0 Å². The molecule has 0 N–H and O–H groups in total. The van der Waals surface area contributed by atoms with Crippen LogP contribution in [0.4, 0.5) is 0 Å². The van der Waals surface area contributed by atoms with Gasteiger partial charge in [0.15, 0.2) is 0 Å². The number of benzene rings is 1. The number of carbonyl (C=O) groups excluding carboxylic acids is 1. The highest BCUT2D eigenvalue weighted by Gasteiger charge is 2.36. The minimum absolute atomic E-state index is 0.115. The molecule has 0 aliphatic carbocycles. The van der Waals surface area contributed by atoms with E-state index in [9.17, 15) is 4.79 Å². The number of fused-ring (bicyclic) bond motifs is 3. The predicted octanol–water partition coefficient (Wildman–Crippen LogP) is 2.35. The summed E-state index contributed by atoms with van der Waals surface area (Å²) >= 11 is 5.81. The fourth-order valence-corrected chi connectivity index (χ4v) is 2.44. The number of halogens is 1. The highest BCUT2D eigenvalue weighted by atomic mass is 35.5. The molecule has 76 valence electrons. The molecule has 1 atom stereocenters. The normalized spacial score (nSPS) is 22.7. The van der Waals surface area contributed by atoms with Crippen LogP contribution in [0.3, 0.4) is 0 Å². The lowest BCUT2D eigenvalue weighted by atomic mass is 10.1. The van der Waals surface area contributed by atoms with Gasteiger partial charge in [-0.15, -0.1) is 11.6 Å². The lowest BCUT2D eigenvalue weighted by molar-refractivity contribution is 0.0851. The monoisotopic (exact) mass is 219 g/mol. The van der Waals surface area contributed by atoms with Crippen LogP contribution in [0.5, 0.6) is 0 Å². The van der Waals surface area contributed by atoms with E-state index in [-0.39, 0.29) is 5.91 Å². The first-order chi connectivity index (χ1) is 7.31. The zero-order valence-electron chi connectivity index (χ0n) is 8.11.